The van der Waals surface area contributed by atoms with Gasteiger partial charge in [0.1, 0.15) is 11.5 Å². The molecule has 142 valence electrons. The van der Waals surface area contributed by atoms with E-state index in [-0.39, 0.29) is 4.90 Å². The van der Waals surface area contributed by atoms with Crippen molar-refractivity contribution in [3.05, 3.63) is 82.2 Å². The lowest BCUT2D eigenvalue weighted by Gasteiger charge is -2.18. The van der Waals surface area contributed by atoms with Gasteiger partial charge in [0.2, 0.25) is 10.0 Å². The smallest absolute Gasteiger partial charge is 0.241 e. The average Bonchev–Trinajstić information content (AvgIpc) is 3.03. The van der Waals surface area contributed by atoms with Crippen LogP contribution in [0, 0.1) is 6.92 Å². The molecular formula is C20H21ClN2O3S. The Balaban J connectivity index is 1.97. The van der Waals surface area contributed by atoms with E-state index >= 15 is 0 Å². The van der Waals surface area contributed by atoms with Crippen molar-refractivity contribution in [3.8, 4) is 0 Å². The molecule has 0 saturated carbocycles. The molecule has 0 aliphatic rings. The van der Waals surface area contributed by atoms with E-state index < -0.39 is 16.1 Å². The average molecular weight is 405 g/mol. The number of aromatic nitrogens is 1. The normalized spacial score (nSPS) is 12.9. The van der Waals surface area contributed by atoms with Gasteiger partial charge in [-0.25, -0.2) is 13.1 Å². The molecule has 2 aromatic carbocycles. The molecule has 0 radical (unpaired) electrons. The highest BCUT2D eigenvalue weighted by atomic mass is 35.5. The number of nitrogens with zero attached hydrogens (tertiary/aromatic N) is 1. The summed E-state index contributed by atoms with van der Waals surface area (Å²) in [6, 6.07) is 15.2. The molecule has 1 heterocycles. The molecule has 1 atom stereocenters. The number of hydrogen-bond donors (Lipinski definition) is 1. The summed E-state index contributed by atoms with van der Waals surface area (Å²) in [5, 5.41) is 4.63. The fraction of sp³-hybridized carbons (Fsp3) is 0.250. The molecule has 0 fully saturated rings. The summed E-state index contributed by atoms with van der Waals surface area (Å²) in [5.41, 5.74) is 2.55. The summed E-state index contributed by atoms with van der Waals surface area (Å²) < 4.78 is 33.9. The Kier molecular flexibility index (Phi) is 5.99. The molecule has 27 heavy (non-hydrogen) atoms. The van der Waals surface area contributed by atoms with Gasteiger partial charge in [0.05, 0.1) is 10.9 Å². The zero-order valence-corrected chi connectivity index (χ0v) is 16.7. The lowest BCUT2D eigenvalue weighted by molar-refractivity contribution is 0.382. The second kappa shape index (κ2) is 8.25. The van der Waals surface area contributed by atoms with Gasteiger partial charge in [0, 0.05) is 10.6 Å². The van der Waals surface area contributed by atoms with Crippen LogP contribution in [-0.4, -0.2) is 13.6 Å². The van der Waals surface area contributed by atoms with Crippen LogP contribution in [0.1, 0.15) is 35.5 Å². The molecule has 3 rings (SSSR count). The Hall–Kier alpha value is -2.15. The van der Waals surface area contributed by atoms with Crippen molar-refractivity contribution in [2.45, 2.75) is 37.6 Å². The summed E-state index contributed by atoms with van der Waals surface area (Å²) in [7, 11) is -3.75. The fourth-order valence-corrected chi connectivity index (χ4v) is 4.35. The zero-order chi connectivity index (χ0) is 19.4. The SMILES string of the molecule is CCc1c([C@@H](Cc2ccccc2)NS(=O)(=O)c2ccc(Cl)cc2)noc1C. The first-order chi connectivity index (χ1) is 12.9. The van der Waals surface area contributed by atoms with Gasteiger partial charge in [-0.3, -0.25) is 0 Å². The van der Waals surface area contributed by atoms with E-state index in [4.69, 9.17) is 16.1 Å². The minimum Gasteiger partial charge on any atom is -0.361 e. The van der Waals surface area contributed by atoms with E-state index in [0.29, 0.717) is 29.3 Å². The predicted octanol–water partition coefficient (Wildman–Crippen LogP) is 4.46. The minimum atomic E-state index is -3.75. The molecule has 0 aliphatic heterocycles. The van der Waals surface area contributed by atoms with Crippen molar-refractivity contribution in [2.24, 2.45) is 0 Å². The van der Waals surface area contributed by atoms with Crippen LogP contribution < -0.4 is 4.72 Å². The topological polar surface area (TPSA) is 72.2 Å². The van der Waals surface area contributed by atoms with E-state index in [9.17, 15) is 8.42 Å². The molecule has 0 spiro atoms. The Labute approximate surface area is 164 Å². The van der Waals surface area contributed by atoms with Crippen molar-refractivity contribution in [1.82, 2.24) is 9.88 Å². The first-order valence-corrected chi connectivity index (χ1v) is 10.5. The lowest BCUT2D eigenvalue weighted by atomic mass is 9.99. The maximum atomic E-state index is 12.9. The molecule has 0 amide bonds. The van der Waals surface area contributed by atoms with Crippen molar-refractivity contribution in [3.63, 3.8) is 0 Å². The van der Waals surface area contributed by atoms with Crippen LogP contribution in [0.15, 0.2) is 64.0 Å². The number of rotatable bonds is 7. The maximum absolute atomic E-state index is 12.9. The van der Waals surface area contributed by atoms with Gasteiger partial charge in [-0.2, -0.15) is 0 Å². The second-order valence-electron chi connectivity index (χ2n) is 6.27. The van der Waals surface area contributed by atoms with E-state index in [1.807, 2.05) is 44.2 Å². The number of nitrogens with one attached hydrogen (secondary N) is 1. The van der Waals surface area contributed by atoms with Crippen molar-refractivity contribution >= 4 is 21.6 Å². The Morgan fingerprint density at radius 1 is 1.11 bits per heavy atom. The molecule has 1 aromatic heterocycles. The van der Waals surface area contributed by atoms with Crippen LogP contribution in [0.5, 0.6) is 0 Å². The van der Waals surface area contributed by atoms with E-state index in [1.54, 1.807) is 12.1 Å². The van der Waals surface area contributed by atoms with Gasteiger partial charge in [-0.15, -0.1) is 0 Å². The molecular weight excluding hydrogens is 384 g/mol. The highest BCUT2D eigenvalue weighted by molar-refractivity contribution is 7.89. The predicted molar refractivity (Wildman–Crippen MR) is 105 cm³/mol. The van der Waals surface area contributed by atoms with E-state index in [2.05, 4.69) is 9.88 Å². The number of benzene rings is 2. The molecule has 0 bridgehead atoms. The van der Waals surface area contributed by atoms with Crippen molar-refractivity contribution in [2.75, 3.05) is 0 Å². The van der Waals surface area contributed by atoms with Crippen LogP contribution in [-0.2, 0) is 22.9 Å². The number of halogens is 1. The Bertz CT molecular complexity index is 999. The lowest BCUT2D eigenvalue weighted by Crippen LogP contribution is -2.31. The van der Waals surface area contributed by atoms with Gasteiger partial charge in [0.15, 0.2) is 0 Å². The minimum absolute atomic E-state index is 0.156. The van der Waals surface area contributed by atoms with Crippen LogP contribution in [0.2, 0.25) is 5.02 Å². The molecule has 0 unspecified atom stereocenters. The van der Waals surface area contributed by atoms with Crippen LogP contribution in [0.25, 0.3) is 0 Å². The maximum Gasteiger partial charge on any atom is 0.241 e. The van der Waals surface area contributed by atoms with Gasteiger partial charge >= 0.3 is 0 Å². The highest BCUT2D eigenvalue weighted by Crippen LogP contribution is 2.26. The Morgan fingerprint density at radius 3 is 2.41 bits per heavy atom. The second-order valence-corrected chi connectivity index (χ2v) is 8.42. The standard InChI is InChI=1S/C20H21ClN2O3S/c1-3-18-14(2)26-22-20(18)19(13-15-7-5-4-6-8-15)23-27(24,25)17-11-9-16(21)10-12-17/h4-12,19,23H,3,13H2,1-2H3/t19-/m1/s1. The Morgan fingerprint density at radius 2 is 1.78 bits per heavy atom. The summed E-state index contributed by atoms with van der Waals surface area (Å²) >= 11 is 5.88. The van der Waals surface area contributed by atoms with Crippen molar-refractivity contribution in [1.29, 1.82) is 0 Å². The number of aryl methyl sites for hydroxylation is 1. The molecule has 3 aromatic rings. The highest BCUT2D eigenvalue weighted by Gasteiger charge is 2.27. The largest absolute Gasteiger partial charge is 0.361 e. The first-order valence-electron chi connectivity index (χ1n) is 8.67. The van der Waals surface area contributed by atoms with Crippen LogP contribution >= 0.6 is 11.6 Å². The summed E-state index contributed by atoms with van der Waals surface area (Å²) in [6.07, 6.45) is 1.17. The third-order valence-corrected chi connectivity index (χ3v) is 6.14. The van der Waals surface area contributed by atoms with Crippen molar-refractivity contribution < 1.29 is 12.9 Å². The van der Waals surface area contributed by atoms with E-state index in [1.165, 1.54) is 12.1 Å². The van der Waals surface area contributed by atoms with Gasteiger partial charge in [-0.1, -0.05) is 54.0 Å². The molecule has 1 N–H and O–H groups in total. The third kappa shape index (κ3) is 4.58. The fourth-order valence-electron chi connectivity index (χ4n) is 3.03. The van der Waals surface area contributed by atoms with Gasteiger partial charge < -0.3 is 4.52 Å². The summed E-state index contributed by atoms with van der Waals surface area (Å²) in [4.78, 5) is 0.156. The molecule has 0 saturated heterocycles. The quantitative estimate of drug-likeness (QED) is 0.631. The van der Waals surface area contributed by atoms with E-state index in [0.717, 1.165) is 11.1 Å². The monoisotopic (exact) mass is 404 g/mol. The van der Waals surface area contributed by atoms with Crippen LogP contribution in [0.4, 0.5) is 0 Å². The zero-order valence-electron chi connectivity index (χ0n) is 15.1. The van der Waals surface area contributed by atoms with Crippen LogP contribution in [0.3, 0.4) is 0 Å². The summed E-state index contributed by atoms with van der Waals surface area (Å²) in [5.74, 6) is 0.705. The molecule has 0 aliphatic carbocycles. The summed E-state index contributed by atoms with van der Waals surface area (Å²) in [6.45, 7) is 3.83. The number of hydrogen-bond acceptors (Lipinski definition) is 4. The third-order valence-electron chi connectivity index (χ3n) is 4.40. The molecule has 5 nitrogen and oxygen atoms in total. The van der Waals surface area contributed by atoms with Gasteiger partial charge in [-0.05, 0) is 49.6 Å². The van der Waals surface area contributed by atoms with Gasteiger partial charge in [0.25, 0.3) is 0 Å². The number of sulfonamides is 1. The molecule has 7 heteroatoms. The first kappa shape index (κ1) is 19.6.